The Morgan fingerprint density at radius 3 is 2.17 bits per heavy atom. The summed E-state index contributed by atoms with van der Waals surface area (Å²) in [5.41, 5.74) is -1.25. The van der Waals surface area contributed by atoms with Crippen LogP contribution in [-0.2, 0) is 26.7 Å². The number of piperidine rings is 1. The molecule has 15 heteroatoms. The van der Waals surface area contributed by atoms with Crippen LogP contribution in [-0.4, -0.2) is 61.3 Å². The summed E-state index contributed by atoms with van der Waals surface area (Å²) < 4.78 is 83.8. The van der Waals surface area contributed by atoms with Gasteiger partial charge in [0.25, 0.3) is 5.91 Å². The number of anilines is 1. The minimum Gasteiger partial charge on any atom is -0.348 e. The average Bonchev–Trinajstić information content (AvgIpc) is 3.12. The number of carbonyl (C=O) groups excluding carboxylic acids is 3. The SMILES string of the molecule is CCNC(=O)C(=O)N1CCC(NS(=O)(=O)c2cn(C)c(C(=O)Nc3cc(F)c(F)c(F)c3)c2F)CC1. The number of likely N-dealkylation sites (N-methyl/N-ethyl adjacent to an activating group) is 1. The van der Waals surface area contributed by atoms with Crippen LogP contribution in [0, 0.1) is 23.3 Å². The molecule has 0 spiro atoms. The van der Waals surface area contributed by atoms with Crippen molar-refractivity contribution in [3.63, 3.8) is 0 Å². The number of amides is 3. The number of aromatic nitrogens is 1. The second-order valence-electron chi connectivity index (χ2n) is 8.02. The third-order valence-corrected chi connectivity index (χ3v) is 6.98. The minimum atomic E-state index is -4.46. The van der Waals surface area contributed by atoms with Gasteiger partial charge in [0.05, 0.1) is 0 Å². The van der Waals surface area contributed by atoms with E-state index in [-0.39, 0.29) is 32.5 Å². The molecule has 3 N–H and O–H groups in total. The van der Waals surface area contributed by atoms with E-state index in [1.807, 2.05) is 5.32 Å². The molecule has 0 radical (unpaired) electrons. The minimum absolute atomic E-state index is 0.0961. The van der Waals surface area contributed by atoms with Gasteiger partial charge in [0.15, 0.2) is 23.3 Å². The average molecular weight is 534 g/mol. The van der Waals surface area contributed by atoms with Crippen LogP contribution in [0.3, 0.4) is 0 Å². The van der Waals surface area contributed by atoms with Gasteiger partial charge in [-0.25, -0.2) is 30.7 Å². The molecule has 0 unspecified atom stereocenters. The predicted octanol–water partition coefficient (Wildman–Crippen LogP) is 1.24. The van der Waals surface area contributed by atoms with Gasteiger partial charge in [-0.05, 0) is 19.8 Å². The van der Waals surface area contributed by atoms with Crippen LogP contribution in [0.25, 0.3) is 0 Å². The van der Waals surface area contributed by atoms with E-state index >= 15 is 4.39 Å². The maximum absolute atomic E-state index is 15.0. The second-order valence-corrected chi connectivity index (χ2v) is 9.70. The topological polar surface area (TPSA) is 130 Å². The van der Waals surface area contributed by atoms with Gasteiger partial charge in [-0.1, -0.05) is 0 Å². The van der Waals surface area contributed by atoms with Crippen LogP contribution in [0.15, 0.2) is 23.2 Å². The van der Waals surface area contributed by atoms with E-state index in [4.69, 9.17) is 0 Å². The number of carbonyl (C=O) groups is 3. The van der Waals surface area contributed by atoms with Crippen molar-refractivity contribution in [2.24, 2.45) is 7.05 Å². The van der Waals surface area contributed by atoms with Gasteiger partial charge in [0.2, 0.25) is 10.0 Å². The molecular formula is C21H23F4N5O5S. The Balaban J connectivity index is 1.71. The summed E-state index contributed by atoms with van der Waals surface area (Å²) in [6, 6.07) is 0.300. The third-order valence-electron chi connectivity index (χ3n) is 5.47. The number of halogens is 4. The van der Waals surface area contributed by atoms with Gasteiger partial charge >= 0.3 is 11.8 Å². The van der Waals surface area contributed by atoms with Crippen molar-refractivity contribution < 1.29 is 40.4 Å². The number of sulfonamides is 1. The number of aryl methyl sites for hydroxylation is 1. The number of rotatable bonds is 6. The van der Waals surface area contributed by atoms with Gasteiger partial charge in [0.1, 0.15) is 10.6 Å². The zero-order chi connectivity index (χ0) is 26.8. The summed E-state index contributed by atoms with van der Waals surface area (Å²) in [5.74, 6) is -9.04. The van der Waals surface area contributed by atoms with Crippen molar-refractivity contribution in [3.8, 4) is 0 Å². The van der Waals surface area contributed by atoms with Crippen LogP contribution >= 0.6 is 0 Å². The summed E-state index contributed by atoms with van der Waals surface area (Å²) in [5, 5.41) is 4.38. The lowest BCUT2D eigenvalue weighted by Crippen LogP contribution is -2.50. The van der Waals surface area contributed by atoms with Crippen LogP contribution in [0.2, 0.25) is 0 Å². The van der Waals surface area contributed by atoms with E-state index in [0.29, 0.717) is 12.1 Å². The summed E-state index contributed by atoms with van der Waals surface area (Å²) in [7, 11) is -3.27. The monoisotopic (exact) mass is 533 g/mol. The Bertz CT molecular complexity index is 1280. The largest absolute Gasteiger partial charge is 0.348 e. The molecule has 1 fully saturated rings. The van der Waals surface area contributed by atoms with Gasteiger partial charge < -0.3 is 20.1 Å². The van der Waals surface area contributed by atoms with Crippen molar-refractivity contribution >= 4 is 33.4 Å². The maximum atomic E-state index is 15.0. The Kier molecular flexibility index (Phi) is 8.03. The van der Waals surface area contributed by atoms with Crippen molar-refractivity contribution in [3.05, 3.63) is 47.3 Å². The van der Waals surface area contributed by atoms with Gasteiger partial charge in [-0.15, -0.1) is 0 Å². The smallest absolute Gasteiger partial charge is 0.311 e. The normalized spacial score (nSPS) is 14.6. The first-order valence-electron chi connectivity index (χ1n) is 10.8. The number of benzene rings is 1. The van der Waals surface area contributed by atoms with Gasteiger partial charge in [-0.3, -0.25) is 14.4 Å². The first kappa shape index (κ1) is 27.1. The van der Waals surface area contributed by atoms with Crippen molar-refractivity contribution in [1.29, 1.82) is 0 Å². The number of hydrogen-bond acceptors (Lipinski definition) is 5. The molecule has 1 aliphatic heterocycles. The first-order valence-corrected chi connectivity index (χ1v) is 12.2. The molecule has 2 heterocycles. The van der Waals surface area contributed by atoms with Crippen molar-refractivity contribution in [1.82, 2.24) is 19.5 Å². The second kappa shape index (κ2) is 10.7. The molecule has 0 atom stereocenters. The number of likely N-dealkylation sites (tertiary alicyclic amines) is 1. The summed E-state index contributed by atoms with van der Waals surface area (Å²) >= 11 is 0. The van der Waals surface area contributed by atoms with Crippen LogP contribution in [0.4, 0.5) is 23.2 Å². The molecule has 196 valence electrons. The maximum Gasteiger partial charge on any atom is 0.311 e. The molecule has 36 heavy (non-hydrogen) atoms. The van der Waals surface area contributed by atoms with Crippen molar-refractivity contribution in [2.45, 2.75) is 30.7 Å². The van der Waals surface area contributed by atoms with E-state index in [0.717, 1.165) is 10.8 Å². The fourth-order valence-corrected chi connectivity index (χ4v) is 5.13. The van der Waals surface area contributed by atoms with Crippen LogP contribution < -0.4 is 15.4 Å². The first-order chi connectivity index (χ1) is 16.9. The van der Waals surface area contributed by atoms with E-state index in [1.54, 1.807) is 6.92 Å². The molecule has 1 aliphatic rings. The molecular weight excluding hydrogens is 510 g/mol. The Hall–Kier alpha value is -3.46. The number of hydrogen-bond donors (Lipinski definition) is 3. The van der Waals surface area contributed by atoms with E-state index in [1.165, 1.54) is 11.9 Å². The van der Waals surface area contributed by atoms with E-state index < -0.39 is 73.3 Å². The zero-order valence-electron chi connectivity index (χ0n) is 19.2. The van der Waals surface area contributed by atoms with E-state index in [2.05, 4.69) is 10.0 Å². The molecule has 1 saturated heterocycles. The standard InChI is InChI=1S/C21H23F4N5O5S/c1-3-26-20(32)21(33)30-6-4-11(5-7-30)28-36(34,35)15-10-29(2)18(17(15)25)19(31)27-12-8-13(22)16(24)14(23)9-12/h8-11,28H,3-7H2,1-2H3,(H,26,32)(H,27,31). The lowest BCUT2D eigenvalue weighted by atomic mass is 10.1. The molecule has 1 aromatic carbocycles. The molecule has 10 nitrogen and oxygen atoms in total. The molecule has 0 bridgehead atoms. The lowest BCUT2D eigenvalue weighted by molar-refractivity contribution is -0.146. The fraction of sp³-hybridized carbons (Fsp3) is 0.381. The summed E-state index contributed by atoms with van der Waals surface area (Å²) in [6.07, 6.45) is 1.17. The molecule has 0 saturated carbocycles. The summed E-state index contributed by atoms with van der Waals surface area (Å²) in [4.78, 5) is 36.7. The Labute approximate surface area is 203 Å². The quantitative estimate of drug-likeness (QED) is 0.292. The van der Waals surface area contributed by atoms with Gasteiger partial charge in [-0.2, -0.15) is 0 Å². The van der Waals surface area contributed by atoms with Gasteiger partial charge in [0, 0.05) is 56.7 Å². The molecule has 2 aromatic rings. The Morgan fingerprint density at radius 1 is 1.03 bits per heavy atom. The zero-order valence-corrected chi connectivity index (χ0v) is 20.0. The van der Waals surface area contributed by atoms with E-state index in [9.17, 15) is 36.0 Å². The van der Waals surface area contributed by atoms with Crippen LogP contribution in [0.1, 0.15) is 30.3 Å². The number of nitrogens with zero attached hydrogens (tertiary/aromatic N) is 2. The molecule has 3 amide bonds. The highest BCUT2D eigenvalue weighted by Crippen LogP contribution is 2.24. The highest BCUT2D eigenvalue weighted by molar-refractivity contribution is 7.89. The highest BCUT2D eigenvalue weighted by atomic mass is 32.2. The highest BCUT2D eigenvalue weighted by Gasteiger charge is 2.33. The number of nitrogens with one attached hydrogen (secondary N) is 3. The van der Waals surface area contributed by atoms with Crippen molar-refractivity contribution in [2.75, 3.05) is 25.0 Å². The molecule has 1 aromatic heterocycles. The fourth-order valence-electron chi connectivity index (χ4n) is 3.70. The predicted molar refractivity (Wildman–Crippen MR) is 118 cm³/mol. The Morgan fingerprint density at radius 2 is 1.61 bits per heavy atom. The summed E-state index contributed by atoms with van der Waals surface area (Å²) in [6.45, 7) is 2.13. The van der Waals surface area contributed by atoms with Crippen LogP contribution in [0.5, 0.6) is 0 Å². The molecule has 0 aliphatic carbocycles. The molecule has 3 rings (SSSR count). The lowest BCUT2D eigenvalue weighted by Gasteiger charge is -2.31. The third kappa shape index (κ3) is 5.67.